The van der Waals surface area contributed by atoms with Gasteiger partial charge in [0.25, 0.3) is 0 Å². The molecule has 0 saturated heterocycles. The Morgan fingerprint density at radius 3 is 2.27 bits per heavy atom. The van der Waals surface area contributed by atoms with E-state index in [0.29, 0.717) is 0 Å². The van der Waals surface area contributed by atoms with Crippen LogP contribution in [0.4, 0.5) is 5.69 Å². The summed E-state index contributed by atoms with van der Waals surface area (Å²) in [6.45, 7) is 0. The maximum atomic E-state index is 13.0. The Hall–Kier alpha value is -3.05. The molecular formula is C21H17N3OS. The fourth-order valence-electron chi connectivity index (χ4n) is 2.73. The van der Waals surface area contributed by atoms with Crippen LogP contribution < -0.4 is 5.32 Å². The fourth-order valence-corrected chi connectivity index (χ4v) is 3.73. The summed E-state index contributed by atoms with van der Waals surface area (Å²) in [6, 6.07) is 27.1. The first-order chi connectivity index (χ1) is 12.8. The van der Waals surface area contributed by atoms with Crippen molar-refractivity contribution < 1.29 is 4.79 Å². The van der Waals surface area contributed by atoms with Crippen LogP contribution in [-0.2, 0) is 4.79 Å². The van der Waals surface area contributed by atoms with E-state index in [9.17, 15) is 4.79 Å². The zero-order valence-electron chi connectivity index (χ0n) is 13.9. The average molecular weight is 359 g/mol. The lowest BCUT2D eigenvalue weighted by molar-refractivity contribution is -0.115. The molecule has 4 aromatic rings. The van der Waals surface area contributed by atoms with Crippen molar-refractivity contribution in [3.63, 3.8) is 0 Å². The summed E-state index contributed by atoms with van der Waals surface area (Å²) in [5, 5.41) is 3.31. The largest absolute Gasteiger partial charge is 0.333 e. The monoisotopic (exact) mass is 359 g/mol. The molecule has 0 radical (unpaired) electrons. The molecule has 1 aromatic heterocycles. The van der Waals surface area contributed by atoms with Crippen LogP contribution in [0.25, 0.3) is 11.0 Å². The summed E-state index contributed by atoms with van der Waals surface area (Å²) in [7, 11) is 0. The molecule has 0 spiro atoms. The van der Waals surface area contributed by atoms with Crippen LogP contribution in [0.5, 0.6) is 0 Å². The third-order valence-corrected chi connectivity index (χ3v) is 5.12. The number of nitrogens with zero attached hydrogens (tertiary/aromatic N) is 1. The minimum absolute atomic E-state index is 0.0761. The third kappa shape index (κ3) is 3.63. The molecule has 1 amide bonds. The van der Waals surface area contributed by atoms with Crippen molar-refractivity contribution >= 4 is 34.4 Å². The van der Waals surface area contributed by atoms with Gasteiger partial charge in [-0.05, 0) is 29.8 Å². The Bertz CT molecular complexity index is 982. The molecule has 1 heterocycles. The van der Waals surface area contributed by atoms with E-state index in [1.165, 1.54) is 11.8 Å². The van der Waals surface area contributed by atoms with Crippen molar-refractivity contribution in [3.05, 3.63) is 90.5 Å². The Labute approximate surface area is 155 Å². The highest BCUT2D eigenvalue weighted by Crippen LogP contribution is 2.35. The van der Waals surface area contributed by atoms with Gasteiger partial charge in [0.2, 0.25) is 5.91 Å². The van der Waals surface area contributed by atoms with E-state index in [-0.39, 0.29) is 5.91 Å². The Balaban J connectivity index is 1.63. The van der Waals surface area contributed by atoms with Gasteiger partial charge < -0.3 is 10.3 Å². The van der Waals surface area contributed by atoms with Gasteiger partial charge in [0, 0.05) is 5.69 Å². The number of nitrogens with one attached hydrogen (secondary N) is 2. The number of benzene rings is 3. The normalized spacial score (nSPS) is 12.0. The first-order valence-corrected chi connectivity index (χ1v) is 9.20. The molecule has 0 aliphatic heterocycles. The van der Waals surface area contributed by atoms with E-state index in [4.69, 9.17) is 0 Å². The molecule has 4 nitrogen and oxygen atoms in total. The minimum Gasteiger partial charge on any atom is -0.333 e. The number of carbonyl (C=O) groups is 1. The van der Waals surface area contributed by atoms with Crippen LogP contribution in [0.15, 0.2) is 90.1 Å². The molecule has 5 heteroatoms. The highest BCUT2D eigenvalue weighted by atomic mass is 32.2. The maximum Gasteiger partial charge on any atom is 0.242 e. The van der Waals surface area contributed by atoms with Crippen LogP contribution in [0.3, 0.4) is 0 Å². The zero-order valence-corrected chi connectivity index (χ0v) is 14.7. The Morgan fingerprint density at radius 2 is 1.54 bits per heavy atom. The molecule has 0 saturated carbocycles. The van der Waals surface area contributed by atoms with Crippen molar-refractivity contribution in [3.8, 4) is 0 Å². The second-order valence-corrected chi connectivity index (χ2v) is 6.92. The topological polar surface area (TPSA) is 57.8 Å². The number of fused-ring (bicyclic) bond motifs is 1. The smallest absolute Gasteiger partial charge is 0.242 e. The number of hydrogen-bond donors (Lipinski definition) is 2. The number of imidazole rings is 1. The first-order valence-electron chi connectivity index (χ1n) is 8.32. The van der Waals surface area contributed by atoms with E-state index in [1.54, 1.807) is 0 Å². The number of carbonyl (C=O) groups excluding carboxylic acids is 1. The number of anilines is 1. The molecule has 26 heavy (non-hydrogen) atoms. The second kappa shape index (κ2) is 7.45. The van der Waals surface area contributed by atoms with Gasteiger partial charge in [0.05, 0.1) is 11.0 Å². The van der Waals surface area contributed by atoms with Crippen molar-refractivity contribution in [2.75, 3.05) is 5.32 Å². The number of aromatic nitrogens is 2. The Kier molecular flexibility index (Phi) is 4.71. The minimum atomic E-state index is -0.406. The highest BCUT2D eigenvalue weighted by Gasteiger charge is 2.23. The van der Waals surface area contributed by atoms with Gasteiger partial charge in [-0.3, -0.25) is 4.79 Å². The SMILES string of the molecule is O=C(Nc1ccccc1)C(Sc1nc2ccccc2[nH]1)c1ccccc1. The summed E-state index contributed by atoms with van der Waals surface area (Å²) in [4.78, 5) is 20.8. The summed E-state index contributed by atoms with van der Waals surface area (Å²) in [5.41, 5.74) is 3.57. The van der Waals surface area contributed by atoms with Crippen LogP contribution in [0.2, 0.25) is 0 Å². The summed E-state index contributed by atoms with van der Waals surface area (Å²) in [6.07, 6.45) is 0. The second-order valence-electron chi connectivity index (χ2n) is 5.82. The third-order valence-electron chi connectivity index (χ3n) is 3.98. The predicted octanol–water partition coefficient (Wildman–Crippen LogP) is 5.04. The molecule has 0 bridgehead atoms. The Morgan fingerprint density at radius 1 is 0.885 bits per heavy atom. The van der Waals surface area contributed by atoms with Crippen LogP contribution in [0.1, 0.15) is 10.8 Å². The zero-order chi connectivity index (χ0) is 17.8. The molecule has 4 rings (SSSR count). The van der Waals surface area contributed by atoms with Crippen LogP contribution in [0, 0.1) is 0 Å². The molecule has 0 aliphatic rings. The van der Waals surface area contributed by atoms with Gasteiger partial charge in [-0.25, -0.2) is 4.98 Å². The van der Waals surface area contributed by atoms with E-state index in [1.807, 2.05) is 84.9 Å². The lowest BCUT2D eigenvalue weighted by Crippen LogP contribution is -2.19. The standard InChI is InChI=1S/C21H17N3OS/c25-20(22-16-11-5-2-6-12-16)19(15-9-3-1-4-10-15)26-21-23-17-13-7-8-14-18(17)24-21/h1-14,19H,(H,22,25)(H,23,24). The summed E-state index contributed by atoms with van der Waals surface area (Å²) >= 11 is 1.42. The van der Waals surface area contributed by atoms with E-state index < -0.39 is 5.25 Å². The average Bonchev–Trinajstić information content (AvgIpc) is 3.10. The van der Waals surface area contributed by atoms with E-state index in [0.717, 1.165) is 27.4 Å². The molecule has 128 valence electrons. The van der Waals surface area contributed by atoms with Gasteiger partial charge in [-0.2, -0.15) is 0 Å². The van der Waals surface area contributed by atoms with Crippen molar-refractivity contribution in [1.29, 1.82) is 0 Å². The molecule has 1 unspecified atom stereocenters. The number of rotatable bonds is 5. The van der Waals surface area contributed by atoms with Gasteiger partial charge >= 0.3 is 0 Å². The number of hydrogen-bond acceptors (Lipinski definition) is 3. The predicted molar refractivity (Wildman–Crippen MR) is 106 cm³/mol. The molecule has 0 fully saturated rings. The summed E-state index contributed by atoms with van der Waals surface area (Å²) < 4.78 is 0. The molecule has 0 aliphatic carbocycles. The molecular weight excluding hydrogens is 342 g/mol. The van der Waals surface area contributed by atoms with Crippen LogP contribution in [-0.4, -0.2) is 15.9 Å². The van der Waals surface area contributed by atoms with Gasteiger partial charge in [-0.15, -0.1) is 0 Å². The van der Waals surface area contributed by atoms with Crippen molar-refractivity contribution in [1.82, 2.24) is 9.97 Å². The first kappa shape index (κ1) is 16.4. The molecule has 1 atom stereocenters. The number of aromatic amines is 1. The van der Waals surface area contributed by atoms with Gasteiger partial charge in [0.15, 0.2) is 5.16 Å². The quantitative estimate of drug-likeness (QED) is 0.491. The van der Waals surface area contributed by atoms with Crippen LogP contribution >= 0.6 is 11.8 Å². The number of para-hydroxylation sites is 3. The number of amides is 1. The lowest BCUT2D eigenvalue weighted by atomic mass is 10.1. The molecule has 3 aromatic carbocycles. The number of thioether (sulfide) groups is 1. The summed E-state index contributed by atoms with van der Waals surface area (Å²) in [5.74, 6) is -0.0761. The van der Waals surface area contributed by atoms with Crippen molar-refractivity contribution in [2.24, 2.45) is 0 Å². The van der Waals surface area contributed by atoms with Gasteiger partial charge in [0.1, 0.15) is 5.25 Å². The van der Waals surface area contributed by atoms with E-state index in [2.05, 4.69) is 15.3 Å². The molecule has 2 N–H and O–H groups in total. The number of H-pyrrole nitrogens is 1. The van der Waals surface area contributed by atoms with Gasteiger partial charge in [-0.1, -0.05) is 72.4 Å². The fraction of sp³-hybridized carbons (Fsp3) is 0.0476. The maximum absolute atomic E-state index is 13.0. The van der Waals surface area contributed by atoms with E-state index >= 15 is 0 Å². The lowest BCUT2D eigenvalue weighted by Gasteiger charge is -2.15. The highest BCUT2D eigenvalue weighted by molar-refractivity contribution is 8.00. The van der Waals surface area contributed by atoms with Crippen molar-refractivity contribution in [2.45, 2.75) is 10.4 Å².